The number of hydrogen-bond donors (Lipinski definition) is 1. The first-order valence-electron chi connectivity index (χ1n) is 10.4. The molecule has 0 radical (unpaired) electrons. The lowest BCUT2D eigenvalue weighted by molar-refractivity contribution is -0.144. The van der Waals surface area contributed by atoms with Crippen molar-refractivity contribution in [2.24, 2.45) is 5.92 Å². The van der Waals surface area contributed by atoms with Crippen LogP contribution in [0.5, 0.6) is 0 Å². The number of esters is 1. The van der Waals surface area contributed by atoms with Gasteiger partial charge in [-0.2, -0.15) is 13.2 Å². The number of aryl methyl sites for hydroxylation is 1. The van der Waals surface area contributed by atoms with Crippen LogP contribution >= 0.6 is 0 Å². The van der Waals surface area contributed by atoms with E-state index in [2.05, 4.69) is 20.5 Å². The maximum absolute atomic E-state index is 13.9. The molecule has 0 atom stereocenters. The number of nitrogens with one attached hydrogen (secondary N) is 1. The second kappa shape index (κ2) is 9.66. The number of rotatable bonds is 9. The zero-order valence-corrected chi connectivity index (χ0v) is 18.1. The Morgan fingerprint density at radius 1 is 1.19 bits per heavy atom. The number of benzene rings is 1. The molecule has 7 nitrogen and oxygen atoms in total. The summed E-state index contributed by atoms with van der Waals surface area (Å²) in [5.41, 5.74) is -1.39. The molecular formula is C21H25F4N5O2. The zero-order chi connectivity index (χ0) is 23.5. The van der Waals surface area contributed by atoms with Crippen molar-refractivity contribution in [3.05, 3.63) is 29.3 Å². The molecule has 0 aliphatic rings. The number of anilines is 1. The number of ether oxygens (including phenoxy) is 1. The van der Waals surface area contributed by atoms with Crippen molar-refractivity contribution in [3.8, 4) is 0 Å². The second-order valence-electron chi connectivity index (χ2n) is 8.00. The van der Waals surface area contributed by atoms with Crippen molar-refractivity contribution in [1.82, 2.24) is 19.6 Å². The topological polar surface area (TPSA) is 81.4 Å². The van der Waals surface area contributed by atoms with Crippen LogP contribution in [0.4, 0.5) is 23.4 Å². The fourth-order valence-corrected chi connectivity index (χ4v) is 3.28. The Morgan fingerprint density at radius 2 is 1.94 bits per heavy atom. The number of halogens is 4. The van der Waals surface area contributed by atoms with E-state index in [0.717, 1.165) is 12.5 Å². The van der Waals surface area contributed by atoms with Crippen LogP contribution in [0, 0.1) is 18.7 Å². The number of unbranched alkanes of at least 4 members (excludes halogenated alkanes) is 2. The monoisotopic (exact) mass is 455 g/mol. The van der Waals surface area contributed by atoms with Crippen LogP contribution in [0.3, 0.4) is 0 Å². The van der Waals surface area contributed by atoms with Gasteiger partial charge in [0.25, 0.3) is 0 Å². The average Bonchev–Trinajstić information content (AvgIpc) is 3.10. The summed E-state index contributed by atoms with van der Waals surface area (Å²) in [5, 5.41) is 10.9. The first kappa shape index (κ1) is 23.7. The quantitative estimate of drug-likeness (QED) is 0.280. The van der Waals surface area contributed by atoms with Gasteiger partial charge in [-0.1, -0.05) is 20.3 Å². The highest BCUT2D eigenvalue weighted by Crippen LogP contribution is 2.36. The predicted molar refractivity (Wildman–Crippen MR) is 111 cm³/mol. The molecule has 0 aliphatic carbocycles. The summed E-state index contributed by atoms with van der Waals surface area (Å²) >= 11 is 0. The third-order valence-corrected chi connectivity index (χ3v) is 4.79. The molecule has 3 rings (SSSR count). The number of aromatic nitrogens is 4. The van der Waals surface area contributed by atoms with Crippen molar-refractivity contribution >= 4 is 28.5 Å². The summed E-state index contributed by atoms with van der Waals surface area (Å²) in [6, 6.07) is 1.42. The van der Waals surface area contributed by atoms with E-state index >= 15 is 0 Å². The molecule has 174 valence electrons. The number of hydrogen-bond acceptors (Lipinski definition) is 6. The second-order valence-corrected chi connectivity index (χ2v) is 8.00. The number of alkyl halides is 3. The Morgan fingerprint density at radius 3 is 2.62 bits per heavy atom. The molecule has 2 aromatic heterocycles. The maximum atomic E-state index is 13.9. The van der Waals surface area contributed by atoms with E-state index in [1.54, 1.807) is 6.92 Å². The van der Waals surface area contributed by atoms with Crippen molar-refractivity contribution in [3.63, 3.8) is 0 Å². The normalized spacial score (nSPS) is 12.1. The van der Waals surface area contributed by atoms with Crippen LogP contribution in [-0.4, -0.2) is 38.7 Å². The Bertz CT molecular complexity index is 1110. The number of carbonyl (C=O) groups excluding carboxylic acids is 1. The van der Waals surface area contributed by atoms with E-state index < -0.39 is 17.6 Å². The van der Waals surface area contributed by atoms with E-state index in [0.29, 0.717) is 44.3 Å². The summed E-state index contributed by atoms with van der Waals surface area (Å²) in [6.45, 7) is 6.29. The Hall–Kier alpha value is -2.98. The summed E-state index contributed by atoms with van der Waals surface area (Å²) in [7, 11) is 0. The van der Waals surface area contributed by atoms with Gasteiger partial charge in [-0.05, 0) is 31.7 Å². The maximum Gasteiger partial charge on any atom is 0.418 e. The Labute approximate surface area is 182 Å². The molecule has 0 amide bonds. The van der Waals surface area contributed by atoms with Crippen LogP contribution in [0.2, 0.25) is 0 Å². The van der Waals surface area contributed by atoms with E-state index in [-0.39, 0.29) is 34.4 Å². The molecule has 3 aromatic rings. The largest absolute Gasteiger partial charge is 0.465 e. The van der Waals surface area contributed by atoms with E-state index in [9.17, 15) is 22.4 Å². The summed E-state index contributed by atoms with van der Waals surface area (Å²) in [5.74, 6) is -0.533. The first-order chi connectivity index (χ1) is 15.1. The van der Waals surface area contributed by atoms with Crippen molar-refractivity contribution in [2.45, 2.75) is 52.6 Å². The van der Waals surface area contributed by atoms with Crippen LogP contribution in [-0.2, 0) is 15.7 Å². The molecule has 0 unspecified atom stereocenters. The van der Waals surface area contributed by atoms with Crippen molar-refractivity contribution in [1.29, 1.82) is 0 Å². The highest BCUT2D eigenvalue weighted by molar-refractivity contribution is 5.86. The van der Waals surface area contributed by atoms with E-state index in [1.807, 2.05) is 13.8 Å². The summed E-state index contributed by atoms with van der Waals surface area (Å²) in [4.78, 5) is 15.7. The number of fused-ring (bicyclic) bond motifs is 3. The average molecular weight is 455 g/mol. The molecule has 0 bridgehead atoms. The third kappa shape index (κ3) is 5.43. The third-order valence-electron chi connectivity index (χ3n) is 4.79. The molecule has 2 heterocycles. The molecule has 0 aliphatic heterocycles. The van der Waals surface area contributed by atoms with Crippen LogP contribution in [0.25, 0.3) is 16.7 Å². The van der Waals surface area contributed by atoms with Gasteiger partial charge in [0.1, 0.15) is 17.2 Å². The molecule has 0 saturated heterocycles. The van der Waals surface area contributed by atoms with Gasteiger partial charge in [0.15, 0.2) is 5.82 Å². The smallest absolute Gasteiger partial charge is 0.418 e. The minimum absolute atomic E-state index is 0.0553. The lowest BCUT2D eigenvalue weighted by Crippen LogP contribution is -2.12. The lowest BCUT2D eigenvalue weighted by Gasteiger charge is -2.14. The van der Waals surface area contributed by atoms with Crippen LogP contribution in [0.15, 0.2) is 12.1 Å². The molecule has 1 N–H and O–H groups in total. The highest BCUT2D eigenvalue weighted by atomic mass is 19.4. The first-order valence-corrected chi connectivity index (χ1v) is 10.4. The fraction of sp³-hybridized carbons (Fsp3) is 0.524. The van der Waals surface area contributed by atoms with Gasteiger partial charge in [0, 0.05) is 19.0 Å². The van der Waals surface area contributed by atoms with Gasteiger partial charge in [-0.25, -0.2) is 9.37 Å². The molecule has 0 spiro atoms. The summed E-state index contributed by atoms with van der Waals surface area (Å²) < 4.78 is 60.9. The molecule has 0 saturated carbocycles. The van der Waals surface area contributed by atoms with Gasteiger partial charge < -0.3 is 10.1 Å². The standard InChI is InChI=1S/C21H25F4N5O2/c1-12(2)11-32-17(31)7-5-4-6-8-26-19-20-29-28-13(3)30(20)16-10-14(22)9-15(18(16)27-19)21(23,24)25/h9-10,12H,4-8,11H2,1-3H3,(H,26,27). The van der Waals surface area contributed by atoms with Gasteiger partial charge in [-0.15, -0.1) is 10.2 Å². The minimum atomic E-state index is -4.77. The van der Waals surface area contributed by atoms with Crippen molar-refractivity contribution < 1.29 is 27.1 Å². The van der Waals surface area contributed by atoms with Gasteiger partial charge in [0.05, 0.1) is 17.7 Å². The molecule has 11 heteroatoms. The van der Waals surface area contributed by atoms with E-state index in [1.165, 1.54) is 4.40 Å². The number of carbonyl (C=O) groups is 1. The Kier molecular flexibility index (Phi) is 7.15. The van der Waals surface area contributed by atoms with Crippen LogP contribution < -0.4 is 5.32 Å². The van der Waals surface area contributed by atoms with Crippen LogP contribution in [0.1, 0.15) is 50.9 Å². The summed E-state index contributed by atoms with van der Waals surface area (Å²) in [6.07, 6.45) is -2.44. The zero-order valence-electron chi connectivity index (χ0n) is 18.1. The SMILES string of the molecule is Cc1nnc2c(NCCCCCC(=O)OCC(C)C)nc3c(C(F)(F)F)cc(F)cc3n12. The highest BCUT2D eigenvalue weighted by Gasteiger charge is 2.35. The molecule has 1 aromatic carbocycles. The molecular weight excluding hydrogens is 430 g/mol. The van der Waals surface area contributed by atoms with Gasteiger partial charge >= 0.3 is 12.1 Å². The Balaban J connectivity index is 1.73. The van der Waals surface area contributed by atoms with Crippen molar-refractivity contribution in [2.75, 3.05) is 18.5 Å². The lowest BCUT2D eigenvalue weighted by atomic mass is 10.1. The van der Waals surface area contributed by atoms with Gasteiger partial charge in [0.2, 0.25) is 5.65 Å². The van der Waals surface area contributed by atoms with Gasteiger partial charge in [-0.3, -0.25) is 9.20 Å². The fourth-order valence-electron chi connectivity index (χ4n) is 3.28. The minimum Gasteiger partial charge on any atom is -0.465 e. The predicted octanol–water partition coefficient (Wildman–Crippen LogP) is 4.92. The van der Waals surface area contributed by atoms with E-state index in [4.69, 9.17) is 4.74 Å². The molecule has 0 fully saturated rings. The molecule has 32 heavy (non-hydrogen) atoms. The number of nitrogens with zero attached hydrogens (tertiary/aromatic N) is 4.